The molecule has 2 aliphatic rings. The van der Waals surface area contributed by atoms with E-state index in [-0.39, 0.29) is 24.2 Å². The molecule has 0 aromatic carbocycles. The van der Waals surface area contributed by atoms with Crippen molar-refractivity contribution >= 4 is 11.7 Å². The zero-order valence-corrected chi connectivity index (χ0v) is 15.6. The summed E-state index contributed by atoms with van der Waals surface area (Å²) >= 11 is 0. The third-order valence-electron chi connectivity index (χ3n) is 5.07. The van der Waals surface area contributed by atoms with Gasteiger partial charge < -0.3 is 15.0 Å². The van der Waals surface area contributed by atoms with E-state index in [1.807, 2.05) is 12.1 Å². The summed E-state index contributed by atoms with van der Waals surface area (Å²) in [6.07, 6.45) is 4.58. The summed E-state index contributed by atoms with van der Waals surface area (Å²) in [6, 6.07) is 3.99. The number of hydrogen-bond acceptors (Lipinski definition) is 5. The van der Waals surface area contributed by atoms with Crippen LogP contribution in [-0.2, 0) is 4.74 Å². The Labute approximate surface area is 150 Å². The van der Waals surface area contributed by atoms with Crippen molar-refractivity contribution in [2.45, 2.75) is 51.9 Å². The van der Waals surface area contributed by atoms with Crippen molar-refractivity contribution in [3.05, 3.63) is 23.9 Å². The molecule has 1 N–H and O–H groups in total. The minimum atomic E-state index is -0.0313. The molecule has 0 aliphatic carbocycles. The number of hydrogen-bond donors (Lipinski definition) is 1. The van der Waals surface area contributed by atoms with Crippen molar-refractivity contribution in [2.75, 3.05) is 37.6 Å². The van der Waals surface area contributed by atoms with E-state index in [2.05, 4.69) is 40.9 Å². The number of anilines is 1. The van der Waals surface area contributed by atoms with Crippen molar-refractivity contribution in [3.8, 4) is 0 Å². The number of nitrogens with zero attached hydrogens (tertiary/aromatic N) is 3. The molecule has 1 aromatic rings. The largest absolute Gasteiger partial charge is 0.373 e. The zero-order valence-electron chi connectivity index (χ0n) is 15.6. The highest BCUT2D eigenvalue weighted by molar-refractivity contribution is 5.98. The van der Waals surface area contributed by atoms with Crippen LogP contribution < -0.4 is 10.2 Å². The van der Waals surface area contributed by atoms with Crippen LogP contribution in [0.2, 0.25) is 0 Å². The number of carbonyl (C=O) groups excluding carboxylic acids is 1. The molecule has 6 nitrogen and oxygen atoms in total. The standard InChI is InChI=1S/C19H30N4O2/c1-14(23-12-15(2)25-16(3)13-23)11-21-19(24)17-7-6-8-20-18(17)22-9-4-5-10-22/h6-8,14-16H,4-5,9-13H2,1-3H3,(H,21,24)/t14-,15-,16+/m1/s1. The Morgan fingerprint density at radius 3 is 2.68 bits per heavy atom. The average molecular weight is 346 g/mol. The van der Waals surface area contributed by atoms with Crippen LogP contribution in [0.25, 0.3) is 0 Å². The van der Waals surface area contributed by atoms with Crippen LogP contribution in [0.3, 0.4) is 0 Å². The summed E-state index contributed by atoms with van der Waals surface area (Å²) in [7, 11) is 0. The number of rotatable bonds is 5. The van der Waals surface area contributed by atoms with Crippen LogP contribution in [-0.4, -0.2) is 66.8 Å². The van der Waals surface area contributed by atoms with Crippen LogP contribution in [0, 0.1) is 0 Å². The summed E-state index contributed by atoms with van der Waals surface area (Å²) in [4.78, 5) is 21.8. The fourth-order valence-corrected chi connectivity index (χ4v) is 3.80. The predicted molar refractivity (Wildman–Crippen MR) is 99.1 cm³/mol. The van der Waals surface area contributed by atoms with Gasteiger partial charge in [-0.3, -0.25) is 9.69 Å². The summed E-state index contributed by atoms with van der Waals surface area (Å²) in [5, 5.41) is 3.10. The molecule has 3 heterocycles. The lowest BCUT2D eigenvalue weighted by atomic mass is 10.1. The second-order valence-electron chi connectivity index (χ2n) is 7.34. The van der Waals surface area contributed by atoms with E-state index in [1.165, 1.54) is 12.8 Å². The van der Waals surface area contributed by atoms with Gasteiger partial charge in [0.15, 0.2) is 0 Å². The monoisotopic (exact) mass is 346 g/mol. The van der Waals surface area contributed by atoms with Crippen molar-refractivity contribution in [3.63, 3.8) is 0 Å². The van der Waals surface area contributed by atoms with Crippen molar-refractivity contribution in [1.82, 2.24) is 15.2 Å². The van der Waals surface area contributed by atoms with E-state index in [4.69, 9.17) is 4.74 Å². The number of ether oxygens (including phenoxy) is 1. The maximum atomic E-state index is 12.7. The second kappa shape index (κ2) is 8.15. The lowest BCUT2D eigenvalue weighted by Gasteiger charge is -2.39. The molecule has 1 aromatic heterocycles. The second-order valence-corrected chi connectivity index (χ2v) is 7.34. The van der Waals surface area contributed by atoms with Crippen LogP contribution in [0.1, 0.15) is 44.0 Å². The highest BCUT2D eigenvalue weighted by Gasteiger charge is 2.26. The molecule has 6 heteroatoms. The number of pyridine rings is 1. The number of carbonyl (C=O) groups is 1. The lowest BCUT2D eigenvalue weighted by Crippen LogP contribution is -2.52. The van der Waals surface area contributed by atoms with Gasteiger partial charge in [0, 0.05) is 45.0 Å². The molecule has 2 aliphatic heterocycles. The minimum Gasteiger partial charge on any atom is -0.373 e. The Balaban J connectivity index is 1.59. The van der Waals surface area contributed by atoms with Gasteiger partial charge in [-0.1, -0.05) is 0 Å². The number of nitrogens with one attached hydrogen (secondary N) is 1. The van der Waals surface area contributed by atoms with Crippen molar-refractivity contribution in [2.24, 2.45) is 0 Å². The van der Waals surface area contributed by atoms with Crippen molar-refractivity contribution in [1.29, 1.82) is 0 Å². The summed E-state index contributed by atoms with van der Waals surface area (Å²) in [6.45, 7) is 10.8. The molecule has 3 rings (SSSR count). The molecule has 2 fully saturated rings. The maximum Gasteiger partial charge on any atom is 0.255 e. The van der Waals surface area contributed by atoms with E-state index < -0.39 is 0 Å². The Hall–Kier alpha value is -1.66. The predicted octanol–water partition coefficient (Wildman–Crippen LogP) is 1.91. The van der Waals surface area contributed by atoms with Gasteiger partial charge in [-0.15, -0.1) is 0 Å². The molecule has 0 spiro atoms. The highest BCUT2D eigenvalue weighted by Crippen LogP contribution is 2.22. The zero-order chi connectivity index (χ0) is 17.8. The van der Waals surface area contributed by atoms with Gasteiger partial charge >= 0.3 is 0 Å². The highest BCUT2D eigenvalue weighted by atomic mass is 16.5. The lowest BCUT2D eigenvalue weighted by molar-refractivity contribution is -0.0778. The summed E-state index contributed by atoms with van der Waals surface area (Å²) < 4.78 is 5.79. The maximum absolute atomic E-state index is 12.7. The third kappa shape index (κ3) is 4.50. The smallest absolute Gasteiger partial charge is 0.255 e. The fraction of sp³-hybridized carbons (Fsp3) is 0.684. The first-order valence-corrected chi connectivity index (χ1v) is 9.42. The van der Waals surface area contributed by atoms with E-state index in [0.717, 1.165) is 32.0 Å². The molecule has 138 valence electrons. The number of aromatic nitrogens is 1. The van der Waals surface area contributed by atoms with Gasteiger partial charge in [0.25, 0.3) is 5.91 Å². The number of amides is 1. The summed E-state index contributed by atoms with van der Waals surface area (Å²) in [5.74, 6) is 0.787. The van der Waals surface area contributed by atoms with Gasteiger partial charge in [-0.25, -0.2) is 4.98 Å². The van der Waals surface area contributed by atoms with Gasteiger partial charge in [0.1, 0.15) is 5.82 Å². The van der Waals surface area contributed by atoms with Crippen molar-refractivity contribution < 1.29 is 9.53 Å². The SMILES string of the molecule is C[C@@H]1CN([C@H](C)CNC(=O)c2cccnc2N2CCCC2)C[C@H](C)O1. The topological polar surface area (TPSA) is 57.7 Å². The minimum absolute atomic E-state index is 0.0313. The third-order valence-corrected chi connectivity index (χ3v) is 5.07. The van der Waals surface area contributed by atoms with E-state index >= 15 is 0 Å². The Bertz CT molecular complexity index is 579. The van der Waals surface area contributed by atoms with Crippen LogP contribution in [0.4, 0.5) is 5.82 Å². The quantitative estimate of drug-likeness (QED) is 0.883. The van der Waals surface area contributed by atoms with Gasteiger partial charge in [-0.2, -0.15) is 0 Å². The van der Waals surface area contributed by atoms with Gasteiger partial charge in [0.2, 0.25) is 0 Å². The van der Waals surface area contributed by atoms with E-state index in [1.54, 1.807) is 6.20 Å². The first-order chi connectivity index (χ1) is 12.0. The molecular weight excluding hydrogens is 316 g/mol. The Morgan fingerprint density at radius 2 is 2.00 bits per heavy atom. The number of morpholine rings is 1. The molecule has 2 saturated heterocycles. The van der Waals surface area contributed by atoms with Crippen LogP contribution >= 0.6 is 0 Å². The average Bonchev–Trinajstić information content (AvgIpc) is 3.13. The molecular formula is C19H30N4O2. The Morgan fingerprint density at radius 1 is 1.32 bits per heavy atom. The van der Waals surface area contributed by atoms with E-state index in [9.17, 15) is 4.79 Å². The fourth-order valence-electron chi connectivity index (χ4n) is 3.80. The first kappa shape index (κ1) is 18.1. The van der Waals surface area contributed by atoms with Gasteiger partial charge in [0.05, 0.1) is 17.8 Å². The van der Waals surface area contributed by atoms with Crippen LogP contribution in [0.15, 0.2) is 18.3 Å². The molecule has 0 saturated carbocycles. The van der Waals surface area contributed by atoms with Crippen LogP contribution in [0.5, 0.6) is 0 Å². The molecule has 0 unspecified atom stereocenters. The molecule has 0 bridgehead atoms. The van der Waals surface area contributed by atoms with Gasteiger partial charge in [-0.05, 0) is 45.7 Å². The molecule has 25 heavy (non-hydrogen) atoms. The Kier molecular flexibility index (Phi) is 5.91. The first-order valence-electron chi connectivity index (χ1n) is 9.42. The molecule has 3 atom stereocenters. The normalized spacial score (nSPS) is 25.8. The molecule has 0 radical (unpaired) electrons. The van der Waals surface area contributed by atoms with E-state index in [0.29, 0.717) is 12.1 Å². The molecule has 1 amide bonds. The summed E-state index contributed by atoms with van der Waals surface area (Å²) in [5.41, 5.74) is 0.681.